The molecule has 0 saturated heterocycles. The van der Waals surface area contributed by atoms with Gasteiger partial charge in [-0.15, -0.1) is 0 Å². The van der Waals surface area contributed by atoms with E-state index >= 15 is 0 Å². The molecular weight excluding hydrogens is 336 g/mol. The van der Waals surface area contributed by atoms with Crippen LogP contribution in [0.25, 0.3) is 5.82 Å². The third-order valence-corrected chi connectivity index (χ3v) is 2.54. The van der Waals surface area contributed by atoms with E-state index in [1.165, 1.54) is 12.5 Å². The summed E-state index contributed by atoms with van der Waals surface area (Å²) >= 11 is 1.93. The van der Waals surface area contributed by atoms with Crippen molar-refractivity contribution >= 4 is 22.6 Å². The van der Waals surface area contributed by atoms with Gasteiger partial charge in [-0.25, -0.2) is 14.6 Å². The normalized spacial score (nSPS) is 11.8. The van der Waals surface area contributed by atoms with Gasteiger partial charge in [-0.3, -0.25) is 0 Å². The van der Waals surface area contributed by atoms with Gasteiger partial charge in [0, 0.05) is 12.4 Å². The van der Waals surface area contributed by atoms with Crippen LogP contribution < -0.4 is 0 Å². The third kappa shape index (κ3) is 2.15. The zero-order valence-electron chi connectivity index (χ0n) is 7.61. The molecule has 84 valence electrons. The standard InChI is InChI=1S/C8H4F3IN4/c9-8(10,11)5-1-15-16(3-5)7-6(12)2-13-4-14-7/h1-4H. The van der Waals surface area contributed by atoms with Crippen molar-refractivity contribution in [1.29, 1.82) is 0 Å². The van der Waals surface area contributed by atoms with Crippen LogP contribution >= 0.6 is 22.6 Å². The van der Waals surface area contributed by atoms with Crippen LogP contribution in [0.2, 0.25) is 0 Å². The van der Waals surface area contributed by atoms with E-state index in [4.69, 9.17) is 0 Å². The molecule has 0 aliphatic rings. The summed E-state index contributed by atoms with van der Waals surface area (Å²) in [4.78, 5) is 7.60. The monoisotopic (exact) mass is 340 g/mol. The number of halogens is 4. The Hall–Kier alpha value is -1.19. The SMILES string of the molecule is FC(F)(F)c1cnn(-c2ncncc2I)c1. The molecule has 0 aliphatic heterocycles. The van der Waals surface area contributed by atoms with E-state index in [0.29, 0.717) is 9.39 Å². The van der Waals surface area contributed by atoms with Gasteiger partial charge in [-0.1, -0.05) is 0 Å². The van der Waals surface area contributed by atoms with Crippen molar-refractivity contribution < 1.29 is 13.2 Å². The van der Waals surface area contributed by atoms with Crippen LogP contribution in [0.1, 0.15) is 5.56 Å². The molecular formula is C8H4F3IN4. The van der Waals surface area contributed by atoms with E-state index in [2.05, 4.69) is 15.1 Å². The van der Waals surface area contributed by atoms with Gasteiger partial charge in [0.15, 0.2) is 5.82 Å². The molecule has 8 heteroatoms. The van der Waals surface area contributed by atoms with Gasteiger partial charge >= 0.3 is 6.18 Å². The van der Waals surface area contributed by atoms with E-state index in [1.54, 1.807) is 0 Å². The maximum Gasteiger partial charge on any atom is 0.419 e. The smallest absolute Gasteiger partial charge is 0.244 e. The molecule has 0 N–H and O–H groups in total. The van der Waals surface area contributed by atoms with Crippen molar-refractivity contribution in [2.45, 2.75) is 6.18 Å². The topological polar surface area (TPSA) is 43.6 Å². The maximum atomic E-state index is 12.3. The molecule has 0 amide bonds. The quantitative estimate of drug-likeness (QED) is 0.749. The molecule has 2 rings (SSSR count). The molecule has 2 aromatic heterocycles. The summed E-state index contributed by atoms with van der Waals surface area (Å²) in [5, 5.41) is 3.62. The van der Waals surface area contributed by atoms with E-state index < -0.39 is 11.7 Å². The summed E-state index contributed by atoms with van der Waals surface area (Å²) in [6.07, 6.45) is 0.0175. The number of nitrogens with zero attached hydrogens (tertiary/aromatic N) is 4. The Bertz CT molecular complexity index is 508. The van der Waals surface area contributed by atoms with Gasteiger partial charge in [-0.05, 0) is 22.6 Å². The summed E-state index contributed by atoms with van der Waals surface area (Å²) in [7, 11) is 0. The fourth-order valence-electron chi connectivity index (χ4n) is 1.06. The van der Waals surface area contributed by atoms with Gasteiger partial charge in [0.05, 0.1) is 15.3 Å². The van der Waals surface area contributed by atoms with Crippen molar-refractivity contribution in [1.82, 2.24) is 19.7 Å². The van der Waals surface area contributed by atoms with Crippen LogP contribution in [0.5, 0.6) is 0 Å². The predicted octanol–water partition coefficient (Wildman–Crippen LogP) is 2.29. The predicted molar refractivity (Wildman–Crippen MR) is 56.9 cm³/mol. The molecule has 2 aromatic rings. The molecule has 0 unspecified atom stereocenters. The zero-order valence-corrected chi connectivity index (χ0v) is 9.77. The van der Waals surface area contributed by atoms with Crippen LogP contribution in [0.15, 0.2) is 24.9 Å². The summed E-state index contributed by atoms with van der Waals surface area (Å²) in [5.74, 6) is 0.325. The number of rotatable bonds is 1. The fraction of sp³-hybridized carbons (Fsp3) is 0.125. The summed E-state index contributed by atoms with van der Waals surface area (Å²) in [6, 6.07) is 0. The highest BCUT2D eigenvalue weighted by atomic mass is 127. The molecule has 2 heterocycles. The van der Waals surface area contributed by atoms with Crippen molar-refractivity contribution in [3.8, 4) is 5.82 Å². The zero-order chi connectivity index (χ0) is 11.8. The summed E-state index contributed by atoms with van der Waals surface area (Å²) in [6.45, 7) is 0. The lowest BCUT2D eigenvalue weighted by Gasteiger charge is -2.02. The first kappa shape index (κ1) is 11.3. The second-order valence-corrected chi connectivity index (χ2v) is 4.03. The molecule has 0 spiro atoms. The highest BCUT2D eigenvalue weighted by molar-refractivity contribution is 14.1. The fourth-order valence-corrected chi connectivity index (χ4v) is 1.61. The molecule has 0 aromatic carbocycles. The highest BCUT2D eigenvalue weighted by Gasteiger charge is 2.32. The van der Waals surface area contributed by atoms with Gasteiger partial charge in [0.1, 0.15) is 6.33 Å². The Morgan fingerprint density at radius 2 is 2.00 bits per heavy atom. The van der Waals surface area contributed by atoms with Gasteiger partial charge in [-0.2, -0.15) is 18.3 Å². The van der Waals surface area contributed by atoms with Crippen LogP contribution in [0.4, 0.5) is 13.2 Å². The number of alkyl halides is 3. The Labute approximate surface area is 102 Å². The van der Waals surface area contributed by atoms with E-state index in [1.807, 2.05) is 22.6 Å². The first-order chi connectivity index (χ1) is 7.48. The van der Waals surface area contributed by atoms with Gasteiger partial charge in [0.25, 0.3) is 0 Å². The molecule has 16 heavy (non-hydrogen) atoms. The van der Waals surface area contributed by atoms with E-state index in [-0.39, 0.29) is 0 Å². The molecule has 0 bridgehead atoms. The minimum atomic E-state index is -4.39. The van der Waals surface area contributed by atoms with Gasteiger partial charge in [0.2, 0.25) is 0 Å². The first-order valence-corrected chi connectivity index (χ1v) is 5.14. The number of hydrogen-bond donors (Lipinski definition) is 0. The molecule has 0 atom stereocenters. The second-order valence-electron chi connectivity index (χ2n) is 2.87. The Kier molecular flexibility index (Phi) is 2.82. The molecule has 0 aliphatic carbocycles. The lowest BCUT2D eigenvalue weighted by Crippen LogP contribution is -2.04. The summed E-state index contributed by atoms with van der Waals surface area (Å²) < 4.78 is 38.7. The Balaban J connectivity index is 2.44. The van der Waals surface area contributed by atoms with Crippen LogP contribution in [-0.4, -0.2) is 19.7 Å². The average Bonchev–Trinajstić information content (AvgIpc) is 2.66. The molecule has 0 radical (unpaired) electrons. The van der Waals surface area contributed by atoms with Crippen LogP contribution in [0.3, 0.4) is 0 Å². The van der Waals surface area contributed by atoms with Crippen molar-refractivity contribution in [2.24, 2.45) is 0 Å². The Morgan fingerprint density at radius 1 is 1.25 bits per heavy atom. The largest absolute Gasteiger partial charge is 0.419 e. The van der Waals surface area contributed by atoms with Gasteiger partial charge < -0.3 is 0 Å². The number of aromatic nitrogens is 4. The lowest BCUT2D eigenvalue weighted by atomic mass is 10.4. The van der Waals surface area contributed by atoms with Crippen molar-refractivity contribution in [2.75, 3.05) is 0 Å². The minimum absolute atomic E-state index is 0.325. The third-order valence-electron chi connectivity index (χ3n) is 1.78. The molecule has 0 saturated carbocycles. The van der Waals surface area contributed by atoms with E-state index in [9.17, 15) is 13.2 Å². The van der Waals surface area contributed by atoms with E-state index in [0.717, 1.165) is 17.1 Å². The second kappa shape index (κ2) is 4.00. The van der Waals surface area contributed by atoms with Crippen molar-refractivity contribution in [3.63, 3.8) is 0 Å². The average molecular weight is 340 g/mol. The summed E-state index contributed by atoms with van der Waals surface area (Å²) in [5.41, 5.74) is -0.804. The first-order valence-electron chi connectivity index (χ1n) is 4.06. The van der Waals surface area contributed by atoms with Crippen LogP contribution in [0, 0.1) is 3.57 Å². The Morgan fingerprint density at radius 3 is 2.56 bits per heavy atom. The lowest BCUT2D eigenvalue weighted by molar-refractivity contribution is -0.137. The molecule has 0 fully saturated rings. The number of hydrogen-bond acceptors (Lipinski definition) is 3. The maximum absolute atomic E-state index is 12.3. The van der Waals surface area contributed by atoms with Crippen LogP contribution in [-0.2, 0) is 6.18 Å². The highest BCUT2D eigenvalue weighted by Crippen LogP contribution is 2.29. The minimum Gasteiger partial charge on any atom is -0.244 e. The van der Waals surface area contributed by atoms with Crippen molar-refractivity contribution in [3.05, 3.63) is 34.1 Å². The molecule has 4 nitrogen and oxygen atoms in total.